The van der Waals surface area contributed by atoms with Crippen LogP contribution in [0.5, 0.6) is 0 Å². The van der Waals surface area contributed by atoms with Gasteiger partial charge in [0.2, 0.25) is 0 Å². The second kappa shape index (κ2) is 26.9. The Hall–Kier alpha value is -3.53. The average molecular weight is 944 g/mol. The molecule has 378 valence electrons. The molecule has 3 aliphatic heterocycles. The fourth-order valence-electron chi connectivity index (χ4n) is 8.86. The topological polar surface area (TPSA) is 220 Å². The molecule has 0 aromatic rings. The molecule has 1 N–H and O–H groups in total. The fourth-order valence-corrected chi connectivity index (χ4v) is 8.86. The summed E-state index contributed by atoms with van der Waals surface area (Å²) in [6.45, 7) is 14.5. The van der Waals surface area contributed by atoms with E-state index in [4.69, 9.17) is 56.8 Å². The molecule has 0 saturated carbocycles. The van der Waals surface area contributed by atoms with Crippen molar-refractivity contribution in [2.75, 3.05) is 35.4 Å². The van der Waals surface area contributed by atoms with Crippen LogP contribution < -0.4 is 0 Å². The number of aliphatic hydroxyl groups is 1. The molecule has 0 amide bonds. The van der Waals surface area contributed by atoms with Crippen LogP contribution in [-0.4, -0.2) is 167 Å². The molecule has 0 radical (unpaired) electrons. The molecule has 2 fully saturated rings. The van der Waals surface area contributed by atoms with Crippen LogP contribution in [0.25, 0.3) is 0 Å². The van der Waals surface area contributed by atoms with E-state index in [9.17, 15) is 29.1 Å². The maximum Gasteiger partial charge on any atom is 0.309 e. The highest BCUT2D eigenvalue weighted by molar-refractivity contribution is 5.73. The average Bonchev–Trinajstić information content (AvgIpc) is 3.23. The van der Waals surface area contributed by atoms with Gasteiger partial charge in [0.15, 0.2) is 31.1 Å². The molecule has 0 aromatic carbocycles. The summed E-state index contributed by atoms with van der Waals surface area (Å²) in [7, 11) is 7.90. The van der Waals surface area contributed by atoms with Crippen LogP contribution in [0.3, 0.4) is 0 Å². The summed E-state index contributed by atoms with van der Waals surface area (Å²) in [6, 6.07) is -0.783. The summed E-state index contributed by atoms with van der Waals surface area (Å²) in [5, 5.41) is 11.5. The highest BCUT2D eigenvalue weighted by atomic mass is 16.7. The van der Waals surface area contributed by atoms with Gasteiger partial charge < -0.3 is 66.8 Å². The molecule has 16 atom stereocenters. The van der Waals surface area contributed by atoms with Crippen LogP contribution in [0.1, 0.15) is 107 Å². The molecule has 0 aliphatic carbocycles. The summed E-state index contributed by atoms with van der Waals surface area (Å²) in [4.78, 5) is 66.4. The number of allylic oxidation sites excluding steroid dienone is 2. The highest BCUT2D eigenvalue weighted by Gasteiger charge is 2.54. The maximum absolute atomic E-state index is 13.7. The van der Waals surface area contributed by atoms with E-state index in [0.29, 0.717) is 6.42 Å². The van der Waals surface area contributed by atoms with Crippen molar-refractivity contribution < 1.29 is 85.9 Å². The first-order valence-corrected chi connectivity index (χ1v) is 22.9. The molecule has 0 bridgehead atoms. The standard InChI is InChI=1S/C47H77NO18/c1-15-35(51)63-34-24-37(53)58-27(4)20-18-17-19-21-33(61-30(7)49)26(3)22-32(23-38(55-12)56-13)42(43(34)57-14)66-46-44(62-31(8)50)40(48(10)11)41(28(5)60-46)65-39-25-47(9,54)45(29(6)59-39)64-36(52)16-2/h17-19,21,26-29,32-34,38-46,54H,15-16,20,22-25H2,1-14H3/b18-17+,21-19+/t26-,27-,28?,29?,32-,33+,34-,39?,40?,41?,42+,43?,44?,45?,46?,47?/m1/s1. The number of rotatable bonds is 16. The van der Waals surface area contributed by atoms with Crippen LogP contribution in [0.4, 0.5) is 0 Å². The summed E-state index contributed by atoms with van der Waals surface area (Å²) < 4.78 is 73.5. The van der Waals surface area contributed by atoms with Crippen molar-refractivity contribution in [2.45, 2.75) is 199 Å². The molecule has 0 aromatic heterocycles. The minimum Gasteiger partial charge on any atom is -0.462 e. The Morgan fingerprint density at radius 1 is 0.833 bits per heavy atom. The van der Waals surface area contributed by atoms with Crippen LogP contribution in [0.2, 0.25) is 0 Å². The second-order valence-electron chi connectivity index (χ2n) is 17.9. The van der Waals surface area contributed by atoms with Gasteiger partial charge in [-0.3, -0.25) is 24.0 Å². The third-order valence-electron chi connectivity index (χ3n) is 12.1. The quantitative estimate of drug-likeness (QED) is 0.129. The third kappa shape index (κ3) is 16.6. The van der Waals surface area contributed by atoms with Gasteiger partial charge in [0.1, 0.15) is 36.1 Å². The third-order valence-corrected chi connectivity index (χ3v) is 12.1. The zero-order valence-electron chi connectivity index (χ0n) is 41.3. The molecular formula is C47H77NO18. The predicted molar refractivity (Wildman–Crippen MR) is 236 cm³/mol. The van der Waals surface area contributed by atoms with Crippen LogP contribution in [-0.2, 0) is 80.8 Å². The lowest BCUT2D eigenvalue weighted by molar-refractivity contribution is -0.345. The number of hydrogen-bond acceptors (Lipinski definition) is 19. The molecular weight excluding hydrogens is 867 g/mol. The van der Waals surface area contributed by atoms with E-state index in [2.05, 4.69) is 0 Å². The number of hydrogen-bond donors (Lipinski definition) is 1. The van der Waals surface area contributed by atoms with Gasteiger partial charge in [-0.05, 0) is 66.1 Å². The molecule has 3 aliphatic rings. The lowest BCUT2D eigenvalue weighted by atomic mass is 9.82. The lowest BCUT2D eigenvalue weighted by Crippen LogP contribution is -2.66. The van der Waals surface area contributed by atoms with E-state index in [1.807, 2.05) is 13.0 Å². The first kappa shape index (κ1) is 56.8. The van der Waals surface area contributed by atoms with E-state index in [0.717, 1.165) is 0 Å². The van der Waals surface area contributed by atoms with Crippen LogP contribution >= 0.6 is 0 Å². The summed E-state index contributed by atoms with van der Waals surface area (Å²) in [5.41, 5.74) is -1.53. The van der Waals surface area contributed by atoms with E-state index in [-0.39, 0.29) is 32.1 Å². The number of ether oxygens (including phenoxy) is 12. The Morgan fingerprint density at radius 3 is 2.03 bits per heavy atom. The minimum atomic E-state index is -1.53. The molecule has 19 heteroatoms. The Bertz CT molecular complexity index is 1620. The van der Waals surface area contributed by atoms with Gasteiger partial charge in [-0.15, -0.1) is 0 Å². The van der Waals surface area contributed by atoms with Crippen molar-refractivity contribution in [3.05, 3.63) is 24.3 Å². The zero-order chi connectivity index (χ0) is 49.5. The number of nitrogens with zero attached hydrogens (tertiary/aromatic N) is 1. The number of carbonyl (C=O) groups is 5. The zero-order valence-corrected chi connectivity index (χ0v) is 41.3. The number of esters is 5. The summed E-state index contributed by atoms with van der Waals surface area (Å²) in [6.07, 6.45) is -5.18. The van der Waals surface area contributed by atoms with Gasteiger partial charge in [-0.1, -0.05) is 39.0 Å². The summed E-state index contributed by atoms with van der Waals surface area (Å²) in [5.74, 6) is -3.97. The minimum absolute atomic E-state index is 0.0197. The maximum atomic E-state index is 13.7. The smallest absolute Gasteiger partial charge is 0.309 e. The van der Waals surface area contributed by atoms with Gasteiger partial charge in [0.25, 0.3) is 0 Å². The van der Waals surface area contributed by atoms with Gasteiger partial charge in [-0.2, -0.15) is 0 Å². The molecule has 3 rings (SSSR count). The van der Waals surface area contributed by atoms with Crippen LogP contribution in [0.15, 0.2) is 24.3 Å². The van der Waals surface area contributed by atoms with Gasteiger partial charge >= 0.3 is 29.8 Å². The molecule has 66 heavy (non-hydrogen) atoms. The second-order valence-corrected chi connectivity index (χ2v) is 17.9. The molecule has 19 nitrogen and oxygen atoms in total. The van der Waals surface area contributed by atoms with Gasteiger partial charge in [0, 0.05) is 67.3 Å². The molecule has 10 unspecified atom stereocenters. The van der Waals surface area contributed by atoms with Crippen molar-refractivity contribution in [1.82, 2.24) is 4.90 Å². The van der Waals surface area contributed by atoms with Gasteiger partial charge in [0.05, 0.1) is 30.8 Å². The van der Waals surface area contributed by atoms with E-state index >= 15 is 0 Å². The normalized spacial score (nSPS) is 37.0. The Balaban J connectivity index is 2.23. The molecule has 2 saturated heterocycles. The first-order valence-electron chi connectivity index (χ1n) is 22.9. The van der Waals surface area contributed by atoms with Crippen molar-refractivity contribution in [3.63, 3.8) is 0 Å². The Kier molecular flexibility index (Phi) is 23.1. The van der Waals surface area contributed by atoms with Gasteiger partial charge in [-0.25, -0.2) is 0 Å². The number of cyclic esters (lactones) is 1. The molecule has 0 spiro atoms. The van der Waals surface area contributed by atoms with Crippen molar-refractivity contribution in [1.29, 1.82) is 0 Å². The van der Waals surface area contributed by atoms with Crippen LogP contribution in [0, 0.1) is 11.8 Å². The van der Waals surface area contributed by atoms with E-state index in [1.165, 1.54) is 35.2 Å². The monoisotopic (exact) mass is 944 g/mol. The largest absolute Gasteiger partial charge is 0.462 e. The number of carbonyl (C=O) groups excluding carboxylic acids is 5. The Morgan fingerprint density at radius 2 is 1.47 bits per heavy atom. The number of likely N-dealkylation sites (N-methyl/N-ethyl adjacent to an activating group) is 1. The van der Waals surface area contributed by atoms with E-state index in [1.54, 1.807) is 78.8 Å². The lowest BCUT2D eigenvalue weighted by Gasteiger charge is -2.51. The van der Waals surface area contributed by atoms with Crippen molar-refractivity contribution in [3.8, 4) is 0 Å². The molecule has 3 heterocycles. The SMILES string of the molecule is CCC(=O)OC1C(C)OC(OC2C(C)OC(O[C@@H]3C(OC)[C@H](OC(=O)CC)CC(=O)O[C@H](C)C/C=C/C=C/[C@H](OC(C)=O)[C@H](C)C[C@@H]3CC(OC)OC)C(OC(C)=O)C2N(C)C)CC1(C)O. The predicted octanol–water partition coefficient (Wildman–Crippen LogP) is 4.33. The van der Waals surface area contributed by atoms with E-state index < -0.39 is 140 Å². The number of methoxy groups -OCH3 is 3. The Labute approximate surface area is 390 Å². The van der Waals surface area contributed by atoms with Crippen molar-refractivity contribution in [2.24, 2.45) is 11.8 Å². The summed E-state index contributed by atoms with van der Waals surface area (Å²) >= 11 is 0. The fraction of sp³-hybridized carbons (Fsp3) is 0.809. The highest BCUT2D eigenvalue weighted by Crippen LogP contribution is 2.39. The van der Waals surface area contributed by atoms with Crippen molar-refractivity contribution >= 4 is 29.8 Å². The first-order chi connectivity index (χ1) is 31.1.